The Bertz CT molecular complexity index is 2190. The highest BCUT2D eigenvalue weighted by atomic mass is 127. The van der Waals surface area contributed by atoms with Crippen molar-refractivity contribution in [2.75, 3.05) is 49.4 Å². The quantitative estimate of drug-likeness (QED) is 0.0464. The molecule has 6 rings (SSSR count). The second-order valence-corrected chi connectivity index (χ2v) is 16.5. The largest absolute Gasteiger partial charge is 0.508 e. The van der Waals surface area contributed by atoms with Crippen LogP contribution >= 0.6 is 44.2 Å². The van der Waals surface area contributed by atoms with E-state index in [0.29, 0.717) is 22.4 Å². The smallest absolute Gasteiger partial charge is 0.433 e. The summed E-state index contributed by atoms with van der Waals surface area (Å²) >= 11 is 2.22. The number of hydrogen-bond donors (Lipinski definition) is 5. The van der Waals surface area contributed by atoms with Gasteiger partial charge in [-0.1, -0.05) is 33.7 Å². The van der Waals surface area contributed by atoms with E-state index in [1.807, 2.05) is 24.3 Å². The highest BCUT2D eigenvalue weighted by Crippen LogP contribution is 2.42. The van der Waals surface area contributed by atoms with Gasteiger partial charge in [0.2, 0.25) is 6.23 Å². The molecule has 1 amide bonds. The van der Waals surface area contributed by atoms with E-state index in [4.69, 9.17) is 34.2 Å². The number of nitrogens with two attached hydrogens (primary N) is 1. The van der Waals surface area contributed by atoms with Gasteiger partial charge in [0.1, 0.15) is 44.2 Å². The monoisotopic (exact) mass is 979 g/mol. The fourth-order valence-electron chi connectivity index (χ4n) is 5.84. The number of aliphatic hydroxyl groups is 2. The first-order valence-corrected chi connectivity index (χ1v) is 21.0. The minimum Gasteiger partial charge on any atom is -0.433 e. The van der Waals surface area contributed by atoms with Crippen LogP contribution in [0.4, 0.5) is 30.0 Å². The molecule has 2 fully saturated rings. The highest BCUT2D eigenvalue weighted by Gasteiger charge is 2.60. The number of halogens is 3. The van der Waals surface area contributed by atoms with Crippen LogP contribution in [0.25, 0.3) is 11.2 Å². The number of nitrogens with zero attached hydrogens (tertiary/aromatic N) is 6. The van der Waals surface area contributed by atoms with Gasteiger partial charge in [-0.15, -0.1) is 0 Å². The number of aromatic nitrogens is 6. The molecule has 0 bridgehead atoms. The number of carbonyl (C=O) groups excluding carboxylic acids is 3. The number of anilines is 2. The van der Waals surface area contributed by atoms with Crippen molar-refractivity contribution >= 4 is 85.2 Å². The van der Waals surface area contributed by atoms with Gasteiger partial charge < -0.3 is 55.0 Å². The predicted octanol–water partition coefficient (Wildman–Crippen LogP) is 1.84. The lowest BCUT2D eigenvalue weighted by atomic mass is 10.1. The summed E-state index contributed by atoms with van der Waals surface area (Å²) in [5.41, 5.74) is 5.92. The minimum absolute atomic E-state index is 0.128. The SMILES string of the molecule is CNC(=O)[C@H]1O[C@@H](n2cnc3c(NCc4cccc(I)c4)ncnc32)C(OC(=O)OCCSSCCOC(=O)OCC2OC(n3ccc(N)nc3=O)C(F)(F)C2O)C1O. The molecule has 0 saturated carbocycles. The molecular weight excluding hydrogens is 943 g/mol. The summed E-state index contributed by atoms with van der Waals surface area (Å²) < 4.78 is 63.7. The van der Waals surface area contributed by atoms with E-state index in [2.05, 4.69) is 53.2 Å². The number of likely N-dealkylation sites (N-methyl/N-ethyl adjacent to an activating group) is 1. The van der Waals surface area contributed by atoms with Crippen molar-refractivity contribution in [1.82, 2.24) is 34.4 Å². The highest BCUT2D eigenvalue weighted by molar-refractivity contribution is 14.1. The predicted molar refractivity (Wildman–Crippen MR) is 212 cm³/mol. The second kappa shape index (κ2) is 19.6. The number of carbonyl (C=O) groups is 3. The number of imidazole rings is 1. The number of ether oxygens (including phenoxy) is 6. The van der Waals surface area contributed by atoms with Gasteiger partial charge in [-0.3, -0.25) is 13.9 Å². The molecule has 3 aromatic heterocycles. The summed E-state index contributed by atoms with van der Waals surface area (Å²) in [4.78, 5) is 65.8. The van der Waals surface area contributed by atoms with Crippen LogP contribution in [-0.4, -0.2) is 132 Å². The van der Waals surface area contributed by atoms with Gasteiger partial charge >= 0.3 is 23.9 Å². The van der Waals surface area contributed by atoms with Gasteiger partial charge in [0.25, 0.3) is 5.91 Å². The van der Waals surface area contributed by atoms with Crippen molar-refractivity contribution in [3.8, 4) is 0 Å². The zero-order valence-electron chi connectivity index (χ0n) is 30.6. The van der Waals surface area contributed by atoms with Crippen molar-refractivity contribution in [3.05, 3.63) is 68.8 Å². The Labute approximate surface area is 353 Å². The van der Waals surface area contributed by atoms with Gasteiger partial charge in [-0.25, -0.2) is 29.3 Å². The summed E-state index contributed by atoms with van der Waals surface area (Å²) in [5, 5.41) is 26.7. The molecule has 5 heterocycles. The summed E-state index contributed by atoms with van der Waals surface area (Å²) in [6.45, 7) is -0.628. The van der Waals surface area contributed by atoms with Gasteiger partial charge in [0, 0.05) is 34.9 Å². The average molecular weight is 980 g/mol. The van der Waals surface area contributed by atoms with E-state index in [1.165, 1.54) is 45.9 Å². The number of hydrogen-bond acceptors (Lipinski definition) is 20. The van der Waals surface area contributed by atoms with E-state index >= 15 is 0 Å². The lowest BCUT2D eigenvalue weighted by Gasteiger charge is -2.21. The molecule has 6 N–H and O–H groups in total. The van der Waals surface area contributed by atoms with Crippen LogP contribution in [0.2, 0.25) is 0 Å². The zero-order chi connectivity index (χ0) is 42.3. The number of nitrogen functional groups attached to an aromatic ring is 1. The molecule has 5 unspecified atom stereocenters. The maximum Gasteiger partial charge on any atom is 0.508 e. The van der Waals surface area contributed by atoms with Crippen LogP contribution in [0.1, 0.15) is 18.0 Å². The van der Waals surface area contributed by atoms with E-state index in [0.717, 1.165) is 21.4 Å². The van der Waals surface area contributed by atoms with Gasteiger partial charge in [0.05, 0.1) is 6.33 Å². The normalized spacial score (nSPS) is 23.5. The Morgan fingerprint density at radius 2 is 1.78 bits per heavy atom. The van der Waals surface area contributed by atoms with Crippen molar-refractivity contribution in [2.24, 2.45) is 0 Å². The Hall–Kier alpha value is -4.61. The van der Waals surface area contributed by atoms with E-state index in [9.17, 15) is 38.2 Å². The van der Waals surface area contributed by atoms with Gasteiger partial charge in [-0.2, -0.15) is 13.8 Å². The lowest BCUT2D eigenvalue weighted by molar-refractivity contribution is -0.141. The molecule has 318 valence electrons. The van der Waals surface area contributed by atoms with Crippen LogP contribution in [0.5, 0.6) is 0 Å². The van der Waals surface area contributed by atoms with Crippen LogP contribution in [0, 0.1) is 3.57 Å². The number of fused-ring (bicyclic) bond motifs is 1. The standard InChI is InChI=1S/C33H36F2IN9O12S2/c1-38-27(48)22-21(46)23(28(56-22)45-15-42-20-25(40-14-41-26(20)45)39-12-16-3-2-4-17(36)11-16)57-32(51)53-8-10-59-58-9-7-52-31(50)54-13-18-24(47)33(34,35)29(55-18)44-6-5-19(37)43-30(44)49/h2-6,11,14-15,18,21-24,28-29,46-47H,7-10,12-13H2,1H3,(H,38,48)(H2,37,43,49)(H,39,40,41)/t18?,21?,22-,23?,24?,28+,29?/m0/s1. The summed E-state index contributed by atoms with van der Waals surface area (Å²) in [6, 6.07) is 8.98. The molecule has 0 aliphatic carbocycles. The molecule has 7 atom stereocenters. The molecule has 1 aromatic carbocycles. The van der Waals surface area contributed by atoms with Crippen molar-refractivity contribution in [1.29, 1.82) is 0 Å². The number of nitrogens with one attached hydrogen (secondary N) is 2. The zero-order valence-corrected chi connectivity index (χ0v) is 34.4. The Kier molecular flexibility index (Phi) is 14.6. The average Bonchev–Trinajstić information content (AvgIpc) is 3.85. The fraction of sp³-hybridized carbons (Fsp3) is 0.455. The third-order valence-electron chi connectivity index (χ3n) is 8.64. The molecular formula is C33H36F2IN9O12S2. The molecule has 26 heteroatoms. The topological polar surface area (TPSA) is 276 Å². The number of aliphatic hydroxyl groups excluding tert-OH is 2. The van der Waals surface area contributed by atoms with Crippen molar-refractivity contribution in [3.63, 3.8) is 0 Å². The summed E-state index contributed by atoms with van der Waals surface area (Å²) in [6.07, 6.45) is -10.7. The first-order chi connectivity index (χ1) is 28.3. The maximum atomic E-state index is 14.7. The van der Waals surface area contributed by atoms with Gasteiger partial charge in [-0.05, 0) is 46.4 Å². The third kappa shape index (κ3) is 10.4. The van der Waals surface area contributed by atoms with Crippen LogP contribution in [-0.2, 0) is 39.8 Å². The lowest BCUT2D eigenvalue weighted by Crippen LogP contribution is -2.42. The number of alkyl halides is 2. The number of rotatable bonds is 16. The van der Waals surface area contributed by atoms with E-state index < -0.39 is 79.4 Å². The van der Waals surface area contributed by atoms with Crippen LogP contribution in [0.15, 0.2) is 54.0 Å². The number of amides is 1. The van der Waals surface area contributed by atoms with Crippen LogP contribution < -0.4 is 22.1 Å². The van der Waals surface area contributed by atoms with Gasteiger partial charge in [0.15, 0.2) is 41.5 Å². The maximum absolute atomic E-state index is 14.7. The molecule has 0 spiro atoms. The first-order valence-electron chi connectivity index (χ1n) is 17.4. The van der Waals surface area contributed by atoms with Crippen molar-refractivity contribution < 1.29 is 61.8 Å². The Morgan fingerprint density at radius 3 is 2.49 bits per heavy atom. The van der Waals surface area contributed by atoms with E-state index in [-0.39, 0.29) is 36.2 Å². The molecule has 2 saturated heterocycles. The third-order valence-corrected chi connectivity index (χ3v) is 11.6. The second-order valence-electron chi connectivity index (χ2n) is 12.5. The Morgan fingerprint density at radius 1 is 1.03 bits per heavy atom. The fourth-order valence-corrected chi connectivity index (χ4v) is 8.10. The summed E-state index contributed by atoms with van der Waals surface area (Å²) in [5.74, 6) is -3.84. The van der Waals surface area contributed by atoms with Crippen LogP contribution in [0.3, 0.4) is 0 Å². The molecule has 2 aliphatic heterocycles. The molecule has 0 radical (unpaired) electrons. The molecule has 21 nitrogen and oxygen atoms in total. The number of benzene rings is 1. The molecule has 4 aromatic rings. The molecule has 2 aliphatic rings. The van der Waals surface area contributed by atoms with E-state index in [1.54, 1.807) is 0 Å². The minimum atomic E-state index is -3.92. The summed E-state index contributed by atoms with van der Waals surface area (Å²) in [7, 11) is 3.86. The first kappa shape index (κ1) is 44.0. The van der Waals surface area contributed by atoms with Crippen molar-refractivity contribution in [2.45, 2.75) is 55.4 Å². The molecule has 59 heavy (non-hydrogen) atoms. The Balaban J connectivity index is 0.924.